The zero-order chi connectivity index (χ0) is 13.2. The van der Waals surface area contributed by atoms with E-state index in [0.29, 0.717) is 11.6 Å². The van der Waals surface area contributed by atoms with E-state index in [1.807, 2.05) is 0 Å². The molecule has 4 nitrogen and oxygen atoms in total. The van der Waals surface area contributed by atoms with Crippen molar-refractivity contribution in [2.45, 2.75) is 17.7 Å². The van der Waals surface area contributed by atoms with Crippen molar-refractivity contribution in [1.82, 2.24) is 4.90 Å². The fraction of sp³-hybridized carbons (Fsp3) is 0.500. The lowest BCUT2D eigenvalue weighted by Gasteiger charge is -2.15. The Morgan fingerprint density at radius 2 is 1.94 bits per heavy atom. The van der Waals surface area contributed by atoms with Crippen LogP contribution in [0.4, 0.5) is 5.69 Å². The lowest BCUT2D eigenvalue weighted by molar-refractivity contribution is 0.359. The number of anilines is 1. The first-order valence-electron chi connectivity index (χ1n) is 5.99. The number of nitrogens with zero attached hydrogens (tertiary/aromatic N) is 1. The molecule has 2 N–H and O–H groups in total. The number of rotatable bonds is 4. The Balaban J connectivity index is 2.12. The van der Waals surface area contributed by atoms with Gasteiger partial charge in [0.05, 0.1) is 16.3 Å². The molecule has 0 atom stereocenters. The Kier molecular flexibility index (Phi) is 4.14. The van der Waals surface area contributed by atoms with Crippen LogP contribution in [0.1, 0.15) is 12.8 Å². The maximum absolute atomic E-state index is 12.2. The van der Waals surface area contributed by atoms with Crippen molar-refractivity contribution in [2.75, 3.05) is 31.1 Å². The van der Waals surface area contributed by atoms with Crippen LogP contribution in [0.25, 0.3) is 0 Å². The van der Waals surface area contributed by atoms with Gasteiger partial charge < -0.3 is 10.6 Å². The number of nitrogen functional groups attached to an aromatic ring is 1. The third-order valence-corrected chi connectivity index (χ3v) is 5.16. The van der Waals surface area contributed by atoms with Gasteiger partial charge in [-0.05, 0) is 44.1 Å². The van der Waals surface area contributed by atoms with Crippen molar-refractivity contribution in [1.29, 1.82) is 0 Å². The van der Waals surface area contributed by atoms with E-state index >= 15 is 0 Å². The van der Waals surface area contributed by atoms with Crippen LogP contribution in [0.3, 0.4) is 0 Å². The second-order valence-corrected chi connectivity index (χ2v) is 7.06. The summed E-state index contributed by atoms with van der Waals surface area (Å²) in [5.41, 5.74) is 5.97. The van der Waals surface area contributed by atoms with Gasteiger partial charge in [0.15, 0.2) is 9.84 Å². The molecular weight excluding hydrogens is 272 g/mol. The van der Waals surface area contributed by atoms with Crippen molar-refractivity contribution in [3.05, 3.63) is 23.2 Å². The van der Waals surface area contributed by atoms with E-state index in [0.717, 1.165) is 25.9 Å². The van der Waals surface area contributed by atoms with Gasteiger partial charge in [-0.25, -0.2) is 8.42 Å². The fourth-order valence-corrected chi connectivity index (χ4v) is 3.83. The molecule has 18 heavy (non-hydrogen) atoms. The summed E-state index contributed by atoms with van der Waals surface area (Å²) in [5.74, 6) is 0.0948. The van der Waals surface area contributed by atoms with Gasteiger partial charge in [0.1, 0.15) is 0 Å². The number of sulfone groups is 1. The minimum absolute atomic E-state index is 0.0948. The zero-order valence-corrected chi connectivity index (χ0v) is 11.7. The van der Waals surface area contributed by atoms with Crippen molar-refractivity contribution >= 4 is 27.1 Å². The van der Waals surface area contributed by atoms with Crippen molar-refractivity contribution in [3.63, 3.8) is 0 Å². The molecule has 0 radical (unpaired) electrons. The predicted molar refractivity (Wildman–Crippen MR) is 73.6 cm³/mol. The molecule has 1 aliphatic rings. The summed E-state index contributed by atoms with van der Waals surface area (Å²) in [4.78, 5) is 2.31. The van der Waals surface area contributed by atoms with Crippen LogP contribution in [-0.2, 0) is 9.84 Å². The average molecular weight is 289 g/mol. The topological polar surface area (TPSA) is 63.4 Å². The lowest BCUT2D eigenvalue weighted by Crippen LogP contribution is -2.26. The molecule has 1 fully saturated rings. The van der Waals surface area contributed by atoms with Crippen molar-refractivity contribution < 1.29 is 8.42 Å². The largest absolute Gasteiger partial charge is 0.398 e. The van der Waals surface area contributed by atoms with Gasteiger partial charge in [-0.15, -0.1) is 0 Å². The Morgan fingerprint density at radius 1 is 1.28 bits per heavy atom. The predicted octanol–water partition coefficient (Wildman–Crippen LogP) is 1.79. The van der Waals surface area contributed by atoms with Gasteiger partial charge in [0, 0.05) is 11.6 Å². The first kappa shape index (κ1) is 13.6. The van der Waals surface area contributed by atoms with Crippen LogP contribution in [0.5, 0.6) is 0 Å². The molecule has 1 heterocycles. The van der Waals surface area contributed by atoms with E-state index in [2.05, 4.69) is 4.90 Å². The monoisotopic (exact) mass is 288 g/mol. The summed E-state index contributed by atoms with van der Waals surface area (Å²) in [6.07, 6.45) is 2.30. The van der Waals surface area contributed by atoms with Gasteiger partial charge in [0.25, 0.3) is 0 Å². The maximum atomic E-state index is 12.2. The number of benzene rings is 1. The molecule has 100 valence electrons. The van der Waals surface area contributed by atoms with Gasteiger partial charge >= 0.3 is 0 Å². The molecule has 0 spiro atoms. The smallest absolute Gasteiger partial charge is 0.181 e. The Bertz CT molecular complexity index is 525. The summed E-state index contributed by atoms with van der Waals surface area (Å²) < 4.78 is 24.4. The molecule has 2 rings (SSSR count). The van der Waals surface area contributed by atoms with Gasteiger partial charge in [0.2, 0.25) is 0 Å². The summed E-state index contributed by atoms with van der Waals surface area (Å²) in [7, 11) is -3.35. The van der Waals surface area contributed by atoms with E-state index < -0.39 is 9.84 Å². The van der Waals surface area contributed by atoms with Crippen LogP contribution in [-0.4, -0.2) is 38.7 Å². The van der Waals surface area contributed by atoms with E-state index in [1.54, 1.807) is 6.07 Å². The Hall–Kier alpha value is -0.780. The molecule has 0 aromatic heterocycles. The highest BCUT2D eigenvalue weighted by Gasteiger charge is 2.20. The average Bonchev–Trinajstić information content (AvgIpc) is 2.83. The van der Waals surface area contributed by atoms with Crippen LogP contribution >= 0.6 is 11.6 Å². The summed E-state index contributed by atoms with van der Waals surface area (Å²) in [5, 5.41) is 0.393. The van der Waals surface area contributed by atoms with Crippen molar-refractivity contribution in [3.8, 4) is 0 Å². The second-order valence-electron chi connectivity index (χ2n) is 4.55. The van der Waals surface area contributed by atoms with Crippen LogP contribution in [0.15, 0.2) is 23.1 Å². The lowest BCUT2D eigenvalue weighted by atomic mass is 10.3. The molecule has 0 amide bonds. The number of likely N-dealkylation sites (tertiary alicyclic amines) is 1. The number of nitrogens with two attached hydrogens (primary N) is 1. The number of hydrogen-bond acceptors (Lipinski definition) is 4. The molecule has 0 unspecified atom stereocenters. The summed E-state index contributed by atoms with van der Waals surface area (Å²) >= 11 is 5.82. The SMILES string of the molecule is Nc1ccc(Cl)cc1S(=O)(=O)CCN1CCCC1. The van der Waals surface area contributed by atoms with E-state index in [1.165, 1.54) is 12.1 Å². The Morgan fingerprint density at radius 3 is 2.61 bits per heavy atom. The Labute approximate surface area is 113 Å². The fourth-order valence-electron chi connectivity index (χ4n) is 2.14. The minimum Gasteiger partial charge on any atom is -0.398 e. The standard InChI is InChI=1S/C12H17ClN2O2S/c13-10-3-4-11(14)12(9-10)18(16,17)8-7-15-5-1-2-6-15/h3-4,9H,1-2,5-8,14H2. The quantitative estimate of drug-likeness (QED) is 0.858. The summed E-state index contributed by atoms with van der Waals surface area (Å²) in [6.45, 7) is 2.54. The first-order valence-corrected chi connectivity index (χ1v) is 8.02. The maximum Gasteiger partial charge on any atom is 0.181 e. The number of halogens is 1. The normalized spacial score (nSPS) is 17.2. The summed E-state index contributed by atoms with van der Waals surface area (Å²) in [6, 6.07) is 4.55. The third-order valence-electron chi connectivity index (χ3n) is 3.19. The van der Waals surface area contributed by atoms with Gasteiger partial charge in [-0.1, -0.05) is 11.6 Å². The molecule has 1 aromatic rings. The minimum atomic E-state index is -3.35. The van der Waals surface area contributed by atoms with E-state index in [4.69, 9.17) is 17.3 Å². The first-order chi connectivity index (χ1) is 8.49. The van der Waals surface area contributed by atoms with Crippen LogP contribution in [0, 0.1) is 0 Å². The molecule has 1 aliphatic heterocycles. The van der Waals surface area contributed by atoms with Crippen molar-refractivity contribution in [2.24, 2.45) is 0 Å². The molecule has 1 aromatic carbocycles. The molecule has 6 heteroatoms. The molecule has 0 aliphatic carbocycles. The van der Waals surface area contributed by atoms with Gasteiger partial charge in [-0.2, -0.15) is 0 Å². The molecule has 0 bridgehead atoms. The highest BCUT2D eigenvalue weighted by atomic mass is 35.5. The molecule has 1 saturated heterocycles. The number of hydrogen-bond donors (Lipinski definition) is 1. The highest BCUT2D eigenvalue weighted by molar-refractivity contribution is 7.91. The van der Waals surface area contributed by atoms with Gasteiger partial charge in [-0.3, -0.25) is 0 Å². The second kappa shape index (κ2) is 5.47. The van der Waals surface area contributed by atoms with Crippen LogP contribution in [0.2, 0.25) is 5.02 Å². The molecular formula is C12H17ClN2O2S. The highest BCUT2D eigenvalue weighted by Crippen LogP contribution is 2.24. The van der Waals surface area contributed by atoms with E-state index in [9.17, 15) is 8.42 Å². The van der Waals surface area contributed by atoms with E-state index in [-0.39, 0.29) is 16.3 Å². The molecule has 0 saturated carbocycles. The zero-order valence-electron chi connectivity index (χ0n) is 10.1. The third kappa shape index (κ3) is 3.16. The van der Waals surface area contributed by atoms with Crippen LogP contribution < -0.4 is 5.73 Å².